The Morgan fingerprint density at radius 3 is 2.71 bits per heavy atom. The summed E-state index contributed by atoms with van der Waals surface area (Å²) in [6.07, 6.45) is 0.608. The van der Waals surface area contributed by atoms with Crippen LogP contribution >= 0.6 is 11.3 Å². The maximum atomic E-state index is 13.1. The Morgan fingerprint density at radius 1 is 1.14 bits per heavy atom. The second-order valence-corrected chi connectivity index (χ2v) is 8.10. The number of carbonyl (C=O) groups is 1. The number of halogens is 1. The third kappa shape index (κ3) is 3.34. The summed E-state index contributed by atoms with van der Waals surface area (Å²) in [5, 5.41) is 0.648. The molecule has 0 aliphatic carbocycles. The lowest BCUT2D eigenvalue weighted by Gasteiger charge is -2.39. The summed E-state index contributed by atoms with van der Waals surface area (Å²) in [7, 11) is 0. The molecule has 2 atom stereocenters. The number of benzene rings is 2. The Balaban J connectivity index is 1.14. The number of amides is 1. The number of thiazole rings is 1. The lowest BCUT2D eigenvalue weighted by molar-refractivity contribution is -0.142. The largest absolute Gasteiger partial charge is 0.463 e. The van der Waals surface area contributed by atoms with Gasteiger partial charge in [0.2, 0.25) is 5.91 Å². The average Bonchev–Trinajstić information content (AvgIpc) is 3.31. The molecule has 1 aromatic heterocycles. The van der Waals surface area contributed by atoms with E-state index in [2.05, 4.69) is 15.8 Å². The molecule has 2 fully saturated rings. The van der Waals surface area contributed by atoms with Gasteiger partial charge in [0.1, 0.15) is 18.0 Å². The van der Waals surface area contributed by atoms with E-state index in [1.54, 1.807) is 17.0 Å². The first-order chi connectivity index (χ1) is 13.7. The van der Waals surface area contributed by atoms with E-state index in [1.807, 2.05) is 24.3 Å². The van der Waals surface area contributed by atoms with Crippen molar-refractivity contribution in [1.29, 1.82) is 0 Å². The van der Waals surface area contributed by atoms with Gasteiger partial charge in [-0.3, -0.25) is 4.79 Å². The first kappa shape index (κ1) is 17.5. The van der Waals surface area contributed by atoms with Crippen LogP contribution in [0.3, 0.4) is 0 Å². The Hall–Kier alpha value is -2.55. The molecule has 28 heavy (non-hydrogen) atoms. The van der Waals surface area contributed by atoms with Gasteiger partial charge in [0.05, 0.1) is 23.3 Å². The Morgan fingerprint density at radius 2 is 1.93 bits per heavy atom. The number of fused-ring (bicyclic) bond motifs is 1. The van der Waals surface area contributed by atoms with Gasteiger partial charge < -0.3 is 9.64 Å². The van der Waals surface area contributed by atoms with Crippen molar-refractivity contribution >= 4 is 27.5 Å². The zero-order valence-corrected chi connectivity index (χ0v) is 15.8. The van der Waals surface area contributed by atoms with Crippen molar-refractivity contribution in [1.82, 2.24) is 20.7 Å². The zero-order chi connectivity index (χ0) is 19.1. The molecule has 2 aromatic carbocycles. The number of ether oxygens (including phenoxy) is 1. The molecule has 0 spiro atoms. The van der Waals surface area contributed by atoms with Crippen LogP contribution in [-0.2, 0) is 4.79 Å². The van der Waals surface area contributed by atoms with Gasteiger partial charge in [0.15, 0.2) is 0 Å². The second-order valence-electron chi connectivity index (χ2n) is 7.11. The number of hydrazine groups is 1. The van der Waals surface area contributed by atoms with Gasteiger partial charge in [-0.25, -0.2) is 20.2 Å². The minimum atomic E-state index is -0.293. The molecule has 8 heteroatoms. The number of hydrogen-bond acceptors (Lipinski definition) is 6. The Kier molecular flexibility index (Phi) is 4.46. The number of para-hydroxylation sites is 1. The number of hydrogen-bond donors (Lipinski definition) is 2. The summed E-state index contributed by atoms with van der Waals surface area (Å²) in [4.78, 5) is 19.0. The highest BCUT2D eigenvalue weighted by molar-refractivity contribution is 7.20. The predicted octanol–water partition coefficient (Wildman–Crippen LogP) is 2.63. The van der Waals surface area contributed by atoms with E-state index in [9.17, 15) is 9.18 Å². The number of nitrogens with zero attached hydrogens (tertiary/aromatic N) is 2. The summed E-state index contributed by atoms with van der Waals surface area (Å²) in [6.45, 7) is 1.13. The molecule has 0 bridgehead atoms. The van der Waals surface area contributed by atoms with E-state index in [1.165, 1.54) is 23.5 Å². The summed E-state index contributed by atoms with van der Waals surface area (Å²) < 4.78 is 20.1. The van der Waals surface area contributed by atoms with Gasteiger partial charge in [-0.05, 0) is 36.2 Å². The number of nitrogens with one attached hydrogen (secondary N) is 2. The molecule has 6 nitrogen and oxygen atoms in total. The first-order valence-corrected chi connectivity index (χ1v) is 10.0. The maximum Gasteiger partial charge on any atom is 0.274 e. The predicted molar refractivity (Wildman–Crippen MR) is 104 cm³/mol. The second kappa shape index (κ2) is 7.12. The smallest absolute Gasteiger partial charge is 0.274 e. The summed E-state index contributed by atoms with van der Waals surface area (Å²) in [6, 6.07) is 14.0. The van der Waals surface area contributed by atoms with Crippen LogP contribution in [0.4, 0.5) is 4.39 Å². The summed E-state index contributed by atoms with van der Waals surface area (Å²) in [5.41, 5.74) is 8.09. The fourth-order valence-electron chi connectivity index (χ4n) is 3.59. The Bertz CT molecular complexity index is 970. The minimum absolute atomic E-state index is 0.00868. The fraction of sp³-hybridized carbons (Fsp3) is 0.300. The normalized spacial score (nSPS) is 22.4. The highest BCUT2D eigenvalue weighted by Gasteiger charge is 2.39. The summed E-state index contributed by atoms with van der Waals surface area (Å²) >= 11 is 1.52. The Labute approximate surface area is 165 Å². The molecule has 2 N–H and O–H groups in total. The van der Waals surface area contributed by atoms with E-state index < -0.39 is 0 Å². The van der Waals surface area contributed by atoms with E-state index in [0.29, 0.717) is 24.7 Å². The number of carbonyl (C=O) groups excluding carboxylic acids is 1. The number of aromatic nitrogens is 1. The molecule has 2 unspecified atom stereocenters. The van der Waals surface area contributed by atoms with Crippen LogP contribution in [0.1, 0.15) is 18.0 Å². The van der Waals surface area contributed by atoms with Crippen molar-refractivity contribution in [3.05, 3.63) is 59.9 Å². The molecule has 2 aliphatic heterocycles. The van der Waals surface area contributed by atoms with Crippen LogP contribution < -0.4 is 15.6 Å². The van der Waals surface area contributed by atoms with Crippen LogP contribution in [0, 0.1) is 5.82 Å². The monoisotopic (exact) mass is 398 g/mol. The average molecular weight is 398 g/mol. The molecular weight excluding hydrogens is 379 g/mol. The van der Waals surface area contributed by atoms with Crippen molar-refractivity contribution in [2.75, 3.05) is 13.1 Å². The first-order valence-electron chi connectivity index (χ1n) is 9.23. The molecular formula is C20H19FN4O2S. The molecule has 0 radical (unpaired) electrons. The standard InChI is InChI=1S/C20H19FN4O2S/c21-13-7-5-12(6-8-13)16-9-17(24-23-16)19(26)25-10-14(11-25)27-20-22-15-3-1-2-4-18(15)28-20/h1-8,14,16-17,23-24H,9-11H2. The molecule has 1 amide bonds. The lowest BCUT2D eigenvalue weighted by Crippen LogP contribution is -2.60. The van der Waals surface area contributed by atoms with Crippen LogP contribution in [0.5, 0.6) is 5.19 Å². The van der Waals surface area contributed by atoms with Crippen molar-refractivity contribution in [2.24, 2.45) is 0 Å². The third-order valence-corrected chi connectivity index (χ3v) is 6.10. The number of rotatable bonds is 4. The van der Waals surface area contributed by atoms with Gasteiger partial charge >= 0.3 is 0 Å². The number of likely N-dealkylation sites (tertiary alicyclic amines) is 1. The molecule has 2 saturated heterocycles. The van der Waals surface area contributed by atoms with Crippen molar-refractivity contribution < 1.29 is 13.9 Å². The maximum absolute atomic E-state index is 13.1. The van der Waals surface area contributed by atoms with Crippen LogP contribution in [0.25, 0.3) is 10.2 Å². The van der Waals surface area contributed by atoms with E-state index >= 15 is 0 Å². The quantitative estimate of drug-likeness (QED) is 0.707. The van der Waals surface area contributed by atoms with Crippen molar-refractivity contribution in [3.8, 4) is 5.19 Å². The van der Waals surface area contributed by atoms with Gasteiger partial charge in [-0.15, -0.1) is 0 Å². The summed E-state index contributed by atoms with van der Waals surface area (Å²) in [5.74, 6) is -0.205. The molecule has 144 valence electrons. The van der Waals surface area contributed by atoms with E-state index in [-0.39, 0.29) is 29.9 Å². The van der Waals surface area contributed by atoms with E-state index in [4.69, 9.17) is 4.74 Å². The highest BCUT2D eigenvalue weighted by Crippen LogP contribution is 2.30. The minimum Gasteiger partial charge on any atom is -0.463 e. The molecule has 3 aromatic rings. The highest BCUT2D eigenvalue weighted by atomic mass is 32.1. The van der Waals surface area contributed by atoms with E-state index in [0.717, 1.165) is 15.8 Å². The fourth-order valence-corrected chi connectivity index (χ4v) is 4.47. The van der Waals surface area contributed by atoms with Gasteiger partial charge in [-0.2, -0.15) is 0 Å². The molecule has 5 rings (SSSR count). The van der Waals surface area contributed by atoms with Gasteiger partial charge in [0, 0.05) is 6.04 Å². The van der Waals surface area contributed by atoms with Crippen molar-refractivity contribution in [3.63, 3.8) is 0 Å². The van der Waals surface area contributed by atoms with Crippen LogP contribution in [0.2, 0.25) is 0 Å². The third-order valence-electron chi connectivity index (χ3n) is 5.18. The molecule has 0 saturated carbocycles. The van der Waals surface area contributed by atoms with Crippen molar-refractivity contribution in [2.45, 2.75) is 24.6 Å². The lowest BCUT2D eigenvalue weighted by atomic mass is 10.0. The SMILES string of the molecule is O=C(C1CC(c2ccc(F)cc2)NN1)N1CC(Oc2nc3ccccc3s2)C1. The molecule has 2 aliphatic rings. The molecule has 3 heterocycles. The van der Waals surface area contributed by atoms with Gasteiger partial charge in [0.25, 0.3) is 5.19 Å². The van der Waals surface area contributed by atoms with Gasteiger partial charge in [-0.1, -0.05) is 35.6 Å². The van der Waals surface area contributed by atoms with Crippen LogP contribution in [0.15, 0.2) is 48.5 Å². The zero-order valence-electron chi connectivity index (χ0n) is 15.0. The topological polar surface area (TPSA) is 66.5 Å². The van der Waals surface area contributed by atoms with Crippen LogP contribution in [-0.4, -0.2) is 41.0 Å².